The summed E-state index contributed by atoms with van der Waals surface area (Å²) in [5.74, 6) is 0. The largest absolute Gasteiger partial charge is 0.416 e. The van der Waals surface area contributed by atoms with E-state index in [0.717, 1.165) is 18.2 Å². The second-order valence-electron chi connectivity index (χ2n) is 5.11. The molecule has 0 atom stereocenters. The van der Waals surface area contributed by atoms with Crippen molar-refractivity contribution in [3.8, 4) is 0 Å². The number of hydrogen-bond donors (Lipinski definition) is 4. The van der Waals surface area contributed by atoms with Gasteiger partial charge in [0.25, 0.3) is 0 Å². The summed E-state index contributed by atoms with van der Waals surface area (Å²) in [6.07, 6.45) is -4.48. The lowest BCUT2D eigenvalue weighted by Gasteiger charge is -2.14. The standard InChI is InChI=1S/C15H10ClF3N4OS/c16-9-3-1-7(15(17,18)19)5-11(9)23-14(25)20-8-2-4-10-12(6-8)22-13(24)21-10/h1-6H,(H2,20,23,25)(H2,21,22,24). The Balaban J connectivity index is 1.78. The van der Waals surface area contributed by atoms with Crippen molar-refractivity contribution in [1.82, 2.24) is 9.97 Å². The second kappa shape index (κ2) is 6.41. The van der Waals surface area contributed by atoms with Gasteiger partial charge < -0.3 is 20.6 Å². The minimum Gasteiger partial charge on any atom is -0.332 e. The molecule has 3 rings (SSSR count). The number of halogens is 4. The van der Waals surface area contributed by atoms with E-state index in [1.54, 1.807) is 18.2 Å². The normalized spacial score (nSPS) is 11.5. The summed E-state index contributed by atoms with van der Waals surface area (Å²) in [6, 6.07) is 7.87. The van der Waals surface area contributed by atoms with Gasteiger partial charge in [-0.3, -0.25) is 0 Å². The fraction of sp³-hybridized carbons (Fsp3) is 0.0667. The molecule has 0 saturated carbocycles. The van der Waals surface area contributed by atoms with Crippen LogP contribution < -0.4 is 16.3 Å². The smallest absolute Gasteiger partial charge is 0.332 e. The second-order valence-corrected chi connectivity index (χ2v) is 5.93. The Kier molecular flexibility index (Phi) is 4.44. The summed E-state index contributed by atoms with van der Waals surface area (Å²) in [5.41, 5.74) is 0.579. The Bertz CT molecular complexity index is 1010. The zero-order valence-corrected chi connectivity index (χ0v) is 13.9. The SMILES string of the molecule is O=c1[nH]c2ccc(NC(=S)Nc3cc(C(F)(F)F)ccc3Cl)cc2[nH]1. The van der Waals surface area contributed by atoms with Crippen LogP contribution in [0.15, 0.2) is 41.2 Å². The van der Waals surface area contributed by atoms with Crippen molar-refractivity contribution in [2.24, 2.45) is 0 Å². The van der Waals surface area contributed by atoms with Crippen LogP contribution in [0.3, 0.4) is 0 Å². The lowest BCUT2D eigenvalue weighted by molar-refractivity contribution is -0.137. The van der Waals surface area contributed by atoms with Crippen LogP contribution in [0.5, 0.6) is 0 Å². The molecular formula is C15H10ClF3N4OS. The number of aromatic nitrogens is 2. The maximum Gasteiger partial charge on any atom is 0.416 e. The number of aromatic amines is 2. The van der Waals surface area contributed by atoms with Crippen molar-refractivity contribution in [1.29, 1.82) is 0 Å². The summed E-state index contributed by atoms with van der Waals surface area (Å²) in [5, 5.41) is 5.61. The van der Waals surface area contributed by atoms with Gasteiger partial charge in [-0.25, -0.2) is 4.79 Å². The van der Waals surface area contributed by atoms with Crippen molar-refractivity contribution in [2.45, 2.75) is 6.18 Å². The molecule has 0 saturated heterocycles. The van der Waals surface area contributed by atoms with Gasteiger partial charge in [-0.05, 0) is 48.6 Å². The predicted octanol–water partition coefficient (Wildman–Crippen LogP) is 4.34. The van der Waals surface area contributed by atoms with Crippen LogP contribution in [0.4, 0.5) is 24.5 Å². The van der Waals surface area contributed by atoms with Crippen LogP contribution in [-0.2, 0) is 6.18 Å². The lowest BCUT2D eigenvalue weighted by Crippen LogP contribution is -2.19. The fourth-order valence-electron chi connectivity index (χ4n) is 2.19. The molecule has 0 aliphatic heterocycles. The van der Waals surface area contributed by atoms with Gasteiger partial charge in [0.1, 0.15) is 0 Å². The van der Waals surface area contributed by atoms with E-state index < -0.39 is 11.7 Å². The van der Waals surface area contributed by atoms with Crippen molar-refractivity contribution < 1.29 is 13.2 Å². The van der Waals surface area contributed by atoms with Gasteiger partial charge in [-0.1, -0.05) is 11.6 Å². The molecule has 0 bridgehead atoms. The Morgan fingerprint density at radius 3 is 2.48 bits per heavy atom. The number of anilines is 2. The van der Waals surface area contributed by atoms with Crippen LogP contribution in [0.25, 0.3) is 11.0 Å². The molecule has 0 unspecified atom stereocenters. The first kappa shape index (κ1) is 17.3. The molecule has 3 aromatic rings. The lowest BCUT2D eigenvalue weighted by atomic mass is 10.2. The quantitative estimate of drug-likeness (QED) is 0.494. The van der Waals surface area contributed by atoms with Crippen LogP contribution in [0, 0.1) is 0 Å². The van der Waals surface area contributed by atoms with Crippen LogP contribution in [0.1, 0.15) is 5.56 Å². The first-order chi connectivity index (χ1) is 11.7. The monoisotopic (exact) mass is 386 g/mol. The molecule has 0 fully saturated rings. The van der Waals surface area contributed by atoms with Crippen LogP contribution in [-0.4, -0.2) is 15.1 Å². The number of H-pyrrole nitrogens is 2. The first-order valence-corrected chi connectivity index (χ1v) is 7.68. The van der Waals surface area contributed by atoms with Gasteiger partial charge in [0.2, 0.25) is 0 Å². The number of imidazole rings is 1. The maximum absolute atomic E-state index is 12.8. The molecule has 0 spiro atoms. The van der Waals surface area contributed by atoms with Crippen molar-refractivity contribution in [2.75, 3.05) is 10.6 Å². The highest BCUT2D eigenvalue weighted by molar-refractivity contribution is 7.80. The molecule has 4 N–H and O–H groups in total. The van der Waals surface area contributed by atoms with E-state index in [2.05, 4.69) is 20.6 Å². The third-order valence-corrected chi connectivity index (χ3v) is 3.85. The number of rotatable bonds is 2. The third-order valence-electron chi connectivity index (χ3n) is 3.32. The van der Waals surface area contributed by atoms with Crippen LogP contribution >= 0.6 is 23.8 Å². The molecule has 1 aromatic heterocycles. The predicted molar refractivity (Wildman–Crippen MR) is 95.2 cm³/mol. The zero-order valence-electron chi connectivity index (χ0n) is 12.3. The number of nitrogens with one attached hydrogen (secondary N) is 4. The van der Waals surface area contributed by atoms with E-state index in [1.807, 2.05) is 0 Å². The summed E-state index contributed by atoms with van der Waals surface area (Å²) >= 11 is 11.0. The Hall–Kier alpha value is -2.52. The van der Waals surface area contributed by atoms with E-state index in [4.69, 9.17) is 23.8 Å². The fourth-order valence-corrected chi connectivity index (χ4v) is 2.58. The first-order valence-electron chi connectivity index (χ1n) is 6.89. The third kappa shape index (κ3) is 3.94. The highest BCUT2D eigenvalue weighted by atomic mass is 35.5. The Labute approximate surface area is 149 Å². The molecule has 1 heterocycles. The summed E-state index contributed by atoms with van der Waals surface area (Å²) in [6.45, 7) is 0. The average molecular weight is 387 g/mol. The van der Waals surface area contributed by atoms with Gasteiger partial charge in [-0.15, -0.1) is 0 Å². The van der Waals surface area contributed by atoms with E-state index in [0.29, 0.717) is 16.7 Å². The molecule has 0 aliphatic rings. The highest BCUT2D eigenvalue weighted by Gasteiger charge is 2.31. The highest BCUT2D eigenvalue weighted by Crippen LogP contribution is 2.33. The van der Waals surface area contributed by atoms with E-state index >= 15 is 0 Å². The van der Waals surface area contributed by atoms with Gasteiger partial charge in [0.05, 0.1) is 27.3 Å². The molecule has 0 amide bonds. The minimum absolute atomic E-state index is 0.0325. The number of benzene rings is 2. The van der Waals surface area contributed by atoms with Crippen LogP contribution in [0.2, 0.25) is 5.02 Å². The van der Waals surface area contributed by atoms with Gasteiger partial charge >= 0.3 is 11.9 Å². The maximum atomic E-state index is 12.8. The summed E-state index contributed by atoms with van der Waals surface area (Å²) < 4.78 is 38.3. The topological polar surface area (TPSA) is 72.7 Å². The number of alkyl halides is 3. The average Bonchev–Trinajstić information content (AvgIpc) is 2.87. The van der Waals surface area contributed by atoms with E-state index in [9.17, 15) is 18.0 Å². The molecule has 0 radical (unpaired) electrons. The van der Waals surface area contributed by atoms with Crippen molar-refractivity contribution in [3.63, 3.8) is 0 Å². The summed E-state index contributed by atoms with van der Waals surface area (Å²) in [7, 11) is 0. The molecule has 0 aliphatic carbocycles. The Morgan fingerprint density at radius 1 is 1.04 bits per heavy atom. The molecule has 2 aromatic carbocycles. The molecule has 10 heteroatoms. The number of hydrogen-bond acceptors (Lipinski definition) is 2. The molecule has 130 valence electrons. The van der Waals surface area contributed by atoms with E-state index in [-0.39, 0.29) is 21.5 Å². The minimum atomic E-state index is -4.48. The van der Waals surface area contributed by atoms with Gasteiger partial charge in [0, 0.05) is 5.69 Å². The summed E-state index contributed by atoms with van der Waals surface area (Å²) in [4.78, 5) is 16.4. The van der Waals surface area contributed by atoms with Crippen molar-refractivity contribution in [3.05, 3.63) is 57.5 Å². The molecule has 5 nitrogen and oxygen atoms in total. The molecular weight excluding hydrogens is 377 g/mol. The number of fused-ring (bicyclic) bond motifs is 1. The zero-order chi connectivity index (χ0) is 18.2. The van der Waals surface area contributed by atoms with Gasteiger partial charge in [-0.2, -0.15) is 13.2 Å². The molecule has 25 heavy (non-hydrogen) atoms. The van der Waals surface area contributed by atoms with E-state index in [1.165, 1.54) is 0 Å². The Morgan fingerprint density at radius 2 is 1.76 bits per heavy atom. The van der Waals surface area contributed by atoms with Gasteiger partial charge in [0.15, 0.2) is 5.11 Å². The number of thiocarbonyl (C=S) groups is 1. The van der Waals surface area contributed by atoms with Crippen molar-refractivity contribution >= 4 is 51.3 Å².